The molecule has 8 heteroatoms. The molecule has 1 atom stereocenters. The van der Waals surface area contributed by atoms with E-state index >= 15 is 0 Å². The number of nitrogens with zero attached hydrogens (tertiary/aromatic N) is 3. The van der Waals surface area contributed by atoms with Crippen molar-refractivity contribution in [3.8, 4) is 27.7 Å². The molecule has 1 unspecified atom stereocenters. The van der Waals surface area contributed by atoms with Gasteiger partial charge in [-0.2, -0.15) is 0 Å². The van der Waals surface area contributed by atoms with Crippen molar-refractivity contribution in [1.82, 2.24) is 9.97 Å². The zero-order valence-electron chi connectivity index (χ0n) is 18.7. The third kappa shape index (κ3) is 4.40. The molecule has 0 saturated heterocycles. The van der Waals surface area contributed by atoms with Crippen LogP contribution in [0.2, 0.25) is 0 Å². The predicted molar refractivity (Wildman–Crippen MR) is 133 cm³/mol. The third-order valence-corrected chi connectivity index (χ3v) is 6.32. The Balaban J connectivity index is 1.43. The van der Waals surface area contributed by atoms with Gasteiger partial charge in [0.05, 0.1) is 17.1 Å². The second-order valence-corrected chi connectivity index (χ2v) is 8.90. The summed E-state index contributed by atoms with van der Waals surface area (Å²) >= 11 is 1.50. The van der Waals surface area contributed by atoms with E-state index in [1.165, 1.54) is 16.2 Å². The smallest absolute Gasteiger partial charge is 0.268 e. The quantitative estimate of drug-likeness (QED) is 0.447. The van der Waals surface area contributed by atoms with Crippen LogP contribution >= 0.6 is 11.3 Å². The number of hydrogen-bond donors (Lipinski definition) is 1. The highest BCUT2D eigenvalue weighted by atomic mass is 32.1. The van der Waals surface area contributed by atoms with E-state index in [0.29, 0.717) is 17.1 Å². The van der Waals surface area contributed by atoms with E-state index in [0.717, 1.165) is 27.5 Å². The molecule has 1 N–H and O–H groups in total. The summed E-state index contributed by atoms with van der Waals surface area (Å²) in [6.07, 6.45) is 1.05. The SMILES string of the molecule is Cc1cccc(NC(=O)CN2C(=O)C(C)Oc3ccc(-c4csc(-c5ccccn5)n4)cc32)c1. The number of pyridine rings is 1. The number of hydrogen-bond acceptors (Lipinski definition) is 6. The molecule has 4 aromatic rings. The van der Waals surface area contributed by atoms with Gasteiger partial charge in [0.25, 0.3) is 5.91 Å². The minimum Gasteiger partial charge on any atom is -0.479 e. The van der Waals surface area contributed by atoms with Gasteiger partial charge in [0, 0.05) is 22.8 Å². The van der Waals surface area contributed by atoms with Gasteiger partial charge in [-0.15, -0.1) is 11.3 Å². The molecule has 5 rings (SSSR count). The number of carbonyl (C=O) groups is 2. The molecule has 2 amide bonds. The molecule has 3 heterocycles. The van der Waals surface area contributed by atoms with E-state index in [4.69, 9.17) is 9.72 Å². The van der Waals surface area contributed by atoms with Gasteiger partial charge >= 0.3 is 0 Å². The number of amides is 2. The summed E-state index contributed by atoms with van der Waals surface area (Å²) < 4.78 is 5.80. The van der Waals surface area contributed by atoms with Crippen LogP contribution in [0.15, 0.2) is 72.2 Å². The van der Waals surface area contributed by atoms with E-state index in [1.807, 2.05) is 73.0 Å². The van der Waals surface area contributed by atoms with Gasteiger partial charge < -0.3 is 10.1 Å². The van der Waals surface area contributed by atoms with Gasteiger partial charge in [-0.1, -0.05) is 18.2 Å². The second-order valence-electron chi connectivity index (χ2n) is 8.04. The maximum atomic E-state index is 13.0. The lowest BCUT2D eigenvalue weighted by atomic mass is 10.1. The van der Waals surface area contributed by atoms with Gasteiger partial charge in [-0.05, 0) is 61.9 Å². The van der Waals surface area contributed by atoms with Crippen LogP contribution in [-0.4, -0.2) is 34.4 Å². The first-order valence-electron chi connectivity index (χ1n) is 10.8. The topological polar surface area (TPSA) is 84.4 Å². The van der Waals surface area contributed by atoms with Gasteiger partial charge in [0.15, 0.2) is 6.10 Å². The first kappa shape index (κ1) is 21.8. The van der Waals surface area contributed by atoms with Crippen molar-refractivity contribution in [3.05, 3.63) is 77.8 Å². The zero-order valence-corrected chi connectivity index (χ0v) is 19.5. The van der Waals surface area contributed by atoms with Crippen molar-refractivity contribution < 1.29 is 14.3 Å². The molecule has 0 bridgehead atoms. The Morgan fingerprint density at radius 1 is 1.12 bits per heavy atom. The average Bonchev–Trinajstić information content (AvgIpc) is 3.33. The van der Waals surface area contributed by atoms with E-state index in [1.54, 1.807) is 13.1 Å². The van der Waals surface area contributed by atoms with Crippen LogP contribution in [0, 0.1) is 6.92 Å². The van der Waals surface area contributed by atoms with Crippen molar-refractivity contribution >= 4 is 34.5 Å². The largest absolute Gasteiger partial charge is 0.479 e. The minimum atomic E-state index is -0.680. The number of aromatic nitrogens is 2. The summed E-state index contributed by atoms with van der Waals surface area (Å²) in [6.45, 7) is 3.52. The molecular formula is C26H22N4O3S. The number of rotatable bonds is 5. The Morgan fingerprint density at radius 3 is 2.79 bits per heavy atom. The first-order valence-corrected chi connectivity index (χ1v) is 11.7. The third-order valence-electron chi connectivity index (χ3n) is 5.45. The normalized spacial score (nSPS) is 14.9. The fraction of sp³-hybridized carbons (Fsp3) is 0.154. The molecule has 1 aliphatic heterocycles. The molecule has 0 radical (unpaired) electrons. The van der Waals surface area contributed by atoms with Gasteiger partial charge in [-0.3, -0.25) is 19.5 Å². The van der Waals surface area contributed by atoms with E-state index in [-0.39, 0.29) is 18.4 Å². The Morgan fingerprint density at radius 2 is 2.00 bits per heavy atom. The summed E-state index contributed by atoms with van der Waals surface area (Å²) in [5.41, 5.74) is 4.68. The summed E-state index contributed by atoms with van der Waals surface area (Å²) in [6, 6.07) is 18.8. The molecule has 0 fully saturated rings. The fourth-order valence-electron chi connectivity index (χ4n) is 3.81. The van der Waals surface area contributed by atoms with Gasteiger partial charge in [0.2, 0.25) is 5.91 Å². The molecule has 2 aromatic carbocycles. The summed E-state index contributed by atoms with van der Waals surface area (Å²) in [7, 11) is 0. The molecular weight excluding hydrogens is 448 g/mol. The number of aryl methyl sites for hydroxylation is 1. The first-order chi connectivity index (χ1) is 16.5. The van der Waals surface area contributed by atoms with Crippen LogP contribution in [0.25, 0.3) is 22.0 Å². The molecule has 170 valence electrons. The highest BCUT2D eigenvalue weighted by Crippen LogP contribution is 2.38. The van der Waals surface area contributed by atoms with Crippen LogP contribution in [-0.2, 0) is 9.59 Å². The van der Waals surface area contributed by atoms with Gasteiger partial charge in [-0.25, -0.2) is 4.98 Å². The molecule has 0 saturated carbocycles. The van der Waals surface area contributed by atoms with Crippen LogP contribution < -0.4 is 15.0 Å². The number of benzene rings is 2. The number of ether oxygens (including phenoxy) is 1. The van der Waals surface area contributed by atoms with Crippen LogP contribution in [0.3, 0.4) is 0 Å². The highest BCUT2D eigenvalue weighted by Gasteiger charge is 2.33. The molecule has 0 aliphatic carbocycles. The molecule has 1 aliphatic rings. The standard InChI is InChI=1S/C26H22N4O3S/c1-16-6-5-7-19(12-16)28-24(31)14-30-22-13-18(9-10-23(22)33-17(2)26(30)32)21-15-34-25(29-21)20-8-3-4-11-27-20/h3-13,15,17H,14H2,1-2H3,(H,28,31). The molecule has 7 nitrogen and oxygen atoms in total. The number of thiazole rings is 1. The van der Waals surface area contributed by atoms with E-state index < -0.39 is 6.10 Å². The van der Waals surface area contributed by atoms with Crippen molar-refractivity contribution in [2.24, 2.45) is 0 Å². The lowest BCUT2D eigenvalue weighted by molar-refractivity contribution is -0.127. The maximum absolute atomic E-state index is 13.0. The van der Waals surface area contributed by atoms with E-state index in [2.05, 4.69) is 10.3 Å². The molecule has 2 aromatic heterocycles. The Bertz CT molecular complexity index is 1370. The fourth-order valence-corrected chi connectivity index (χ4v) is 4.61. The lowest BCUT2D eigenvalue weighted by Crippen LogP contribution is -2.47. The molecule has 34 heavy (non-hydrogen) atoms. The zero-order chi connectivity index (χ0) is 23.7. The number of anilines is 2. The van der Waals surface area contributed by atoms with Crippen molar-refractivity contribution in [3.63, 3.8) is 0 Å². The van der Waals surface area contributed by atoms with Crippen molar-refractivity contribution in [1.29, 1.82) is 0 Å². The number of carbonyl (C=O) groups excluding carboxylic acids is 2. The molecule has 0 spiro atoms. The van der Waals surface area contributed by atoms with Crippen molar-refractivity contribution in [2.75, 3.05) is 16.8 Å². The summed E-state index contributed by atoms with van der Waals surface area (Å²) in [5.74, 6) is 0.00591. The Labute approximate surface area is 201 Å². The minimum absolute atomic E-state index is 0.118. The highest BCUT2D eigenvalue weighted by molar-refractivity contribution is 7.13. The van der Waals surface area contributed by atoms with Gasteiger partial charge in [0.1, 0.15) is 17.3 Å². The Hall–Kier alpha value is -4.04. The van der Waals surface area contributed by atoms with Crippen LogP contribution in [0.5, 0.6) is 5.75 Å². The van der Waals surface area contributed by atoms with Crippen LogP contribution in [0.1, 0.15) is 12.5 Å². The van der Waals surface area contributed by atoms with Crippen molar-refractivity contribution in [2.45, 2.75) is 20.0 Å². The predicted octanol–water partition coefficient (Wildman–Crippen LogP) is 4.93. The second kappa shape index (κ2) is 9.07. The number of fused-ring (bicyclic) bond motifs is 1. The Kier molecular flexibility index (Phi) is 5.81. The number of nitrogens with one attached hydrogen (secondary N) is 1. The van der Waals surface area contributed by atoms with E-state index in [9.17, 15) is 9.59 Å². The summed E-state index contributed by atoms with van der Waals surface area (Å²) in [4.78, 5) is 36.3. The van der Waals surface area contributed by atoms with Crippen LogP contribution in [0.4, 0.5) is 11.4 Å². The average molecular weight is 471 g/mol. The monoisotopic (exact) mass is 470 g/mol. The lowest BCUT2D eigenvalue weighted by Gasteiger charge is -2.32. The summed E-state index contributed by atoms with van der Waals surface area (Å²) in [5, 5.41) is 5.63. The maximum Gasteiger partial charge on any atom is 0.268 e.